The Morgan fingerprint density at radius 2 is 1.50 bits per heavy atom. The van der Waals surface area contributed by atoms with Crippen LogP contribution in [0.25, 0.3) is 5.57 Å². The first-order valence-corrected chi connectivity index (χ1v) is 10.6. The van der Waals surface area contributed by atoms with E-state index in [9.17, 15) is 9.59 Å². The number of nitrogens with one attached hydrogen (secondary N) is 1. The van der Waals surface area contributed by atoms with E-state index in [1.54, 1.807) is 12.1 Å². The predicted molar refractivity (Wildman–Crippen MR) is 128 cm³/mol. The Labute approximate surface area is 188 Å². The van der Waals surface area contributed by atoms with Crippen LogP contribution >= 0.6 is 0 Å². The monoisotopic (exact) mass is 426 g/mol. The highest BCUT2D eigenvalue weighted by molar-refractivity contribution is 6.46. The quantitative estimate of drug-likeness (QED) is 0.546. The molecule has 0 bridgehead atoms. The summed E-state index contributed by atoms with van der Waals surface area (Å²) in [4.78, 5) is 28.4. The molecule has 0 fully saturated rings. The average molecular weight is 427 g/mol. The Balaban J connectivity index is 1.83. The van der Waals surface area contributed by atoms with E-state index in [0.29, 0.717) is 22.6 Å². The number of nitrogens with zero attached hydrogens (tertiary/aromatic N) is 1. The molecule has 32 heavy (non-hydrogen) atoms. The molecule has 0 atom stereocenters. The molecule has 0 spiro atoms. The highest BCUT2D eigenvalue weighted by Crippen LogP contribution is 2.38. The molecule has 1 aliphatic rings. The summed E-state index contributed by atoms with van der Waals surface area (Å²) in [7, 11) is 1.53. The van der Waals surface area contributed by atoms with E-state index in [0.717, 1.165) is 23.2 Å². The predicted octanol–water partition coefficient (Wildman–Crippen LogP) is 5.27. The van der Waals surface area contributed by atoms with E-state index in [1.165, 1.54) is 17.6 Å². The smallest absolute Gasteiger partial charge is 0.282 e. The summed E-state index contributed by atoms with van der Waals surface area (Å²) in [6, 6.07) is 20.9. The molecule has 5 heteroatoms. The minimum atomic E-state index is -0.408. The minimum absolute atomic E-state index is 0.256. The number of hydrogen-bond donors (Lipinski definition) is 1. The summed E-state index contributed by atoms with van der Waals surface area (Å²) in [6.45, 7) is 5.99. The zero-order valence-electron chi connectivity index (χ0n) is 18.7. The van der Waals surface area contributed by atoms with Gasteiger partial charge in [-0.2, -0.15) is 0 Å². The van der Waals surface area contributed by atoms with Crippen LogP contribution in [0.2, 0.25) is 0 Å². The van der Waals surface area contributed by atoms with Crippen molar-refractivity contribution in [3.05, 3.63) is 94.7 Å². The first kappa shape index (κ1) is 21.4. The number of amides is 2. The van der Waals surface area contributed by atoms with Crippen molar-refractivity contribution in [1.29, 1.82) is 0 Å². The molecule has 2 amide bonds. The molecule has 0 aromatic heterocycles. The Bertz CT molecular complexity index is 1210. The Morgan fingerprint density at radius 3 is 2.12 bits per heavy atom. The lowest BCUT2D eigenvalue weighted by Gasteiger charge is -2.19. The molecule has 3 aromatic carbocycles. The number of benzene rings is 3. The molecule has 5 nitrogen and oxygen atoms in total. The molecule has 0 saturated carbocycles. The fourth-order valence-electron chi connectivity index (χ4n) is 3.80. The fourth-order valence-corrected chi connectivity index (χ4v) is 3.80. The topological polar surface area (TPSA) is 58.6 Å². The molecule has 1 aliphatic heterocycles. The number of methoxy groups -OCH3 is 1. The second kappa shape index (κ2) is 8.71. The van der Waals surface area contributed by atoms with Gasteiger partial charge in [0.25, 0.3) is 11.8 Å². The SMILES string of the molecule is CCc1ccc(NC2=C(c3ccc(C)cc3)C(=O)N(c3cc(C)ccc3OC)C2=O)cc1. The molecule has 0 unspecified atom stereocenters. The van der Waals surface area contributed by atoms with Crippen molar-refractivity contribution >= 4 is 28.8 Å². The van der Waals surface area contributed by atoms with Gasteiger partial charge in [-0.05, 0) is 61.2 Å². The molecular formula is C27H26N2O3. The first-order valence-electron chi connectivity index (χ1n) is 10.6. The van der Waals surface area contributed by atoms with Gasteiger partial charge in [-0.15, -0.1) is 0 Å². The van der Waals surface area contributed by atoms with Gasteiger partial charge in [0.15, 0.2) is 0 Å². The third-order valence-electron chi connectivity index (χ3n) is 5.63. The molecule has 0 radical (unpaired) electrons. The van der Waals surface area contributed by atoms with Crippen LogP contribution < -0.4 is 15.0 Å². The van der Waals surface area contributed by atoms with E-state index in [4.69, 9.17) is 4.74 Å². The lowest BCUT2D eigenvalue weighted by molar-refractivity contribution is -0.120. The van der Waals surface area contributed by atoms with E-state index in [2.05, 4.69) is 12.2 Å². The number of carbonyl (C=O) groups is 2. The zero-order valence-corrected chi connectivity index (χ0v) is 18.7. The van der Waals surface area contributed by atoms with Gasteiger partial charge in [-0.3, -0.25) is 9.59 Å². The minimum Gasteiger partial charge on any atom is -0.495 e. The van der Waals surface area contributed by atoms with Crippen molar-refractivity contribution in [3.63, 3.8) is 0 Å². The number of carbonyl (C=O) groups excluding carboxylic acids is 2. The van der Waals surface area contributed by atoms with E-state index >= 15 is 0 Å². The summed E-state index contributed by atoms with van der Waals surface area (Å²) >= 11 is 0. The van der Waals surface area contributed by atoms with Crippen LogP contribution in [0, 0.1) is 13.8 Å². The maximum Gasteiger partial charge on any atom is 0.282 e. The zero-order chi connectivity index (χ0) is 22.8. The molecule has 1 N–H and O–H groups in total. The van der Waals surface area contributed by atoms with Crippen molar-refractivity contribution in [3.8, 4) is 5.75 Å². The van der Waals surface area contributed by atoms with Crippen LogP contribution in [0.5, 0.6) is 5.75 Å². The van der Waals surface area contributed by atoms with E-state index in [-0.39, 0.29) is 11.6 Å². The molecule has 162 valence electrons. The second-order valence-corrected chi connectivity index (χ2v) is 7.91. The number of aryl methyl sites for hydroxylation is 3. The van der Waals surface area contributed by atoms with Gasteiger partial charge in [0.05, 0.1) is 18.4 Å². The lowest BCUT2D eigenvalue weighted by atomic mass is 10.0. The Hall–Kier alpha value is -3.86. The Morgan fingerprint density at radius 1 is 0.844 bits per heavy atom. The second-order valence-electron chi connectivity index (χ2n) is 7.91. The number of anilines is 2. The standard InChI is InChI=1S/C27H26N2O3/c1-5-19-9-13-21(14-10-19)28-25-24(20-11-6-17(2)7-12-20)26(30)29(27(25)31)22-16-18(3)8-15-23(22)32-4/h6-16,28H,5H2,1-4H3. The van der Waals surface area contributed by atoms with Crippen molar-refractivity contribution in [2.24, 2.45) is 0 Å². The highest BCUT2D eigenvalue weighted by Gasteiger charge is 2.41. The number of rotatable bonds is 6. The maximum absolute atomic E-state index is 13.6. The van der Waals surface area contributed by atoms with Gasteiger partial charge in [0.2, 0.25) is 0 Å². The van der Waals surface area contributed by atoms with Crippen molar-refractivity contribution in [1.82, 2.24) is 0 Å². The molecule has 1 heterocycles. The van der Waals surface area contributed by atoms with Crippen LogP contribution in [0.15, 0.2) is 72.4 Å². The van der Waals surface area contributed by atoms with Crippen LogP contribution in [-0.2, 0) is 16.0 Å². The number of hydrogen-bond acceptors (Lipinski definition) is 4. The summed E-state index contributed by atoms with van der Waals surface area (Å²) < 4.78 is 5.46. The van der Waals surface area contributed by atoms with Crippen LogP contribution in [-0.4, -0.2) is 18.9 Å². The summed E-state index contributed by atoms with van der Waals surface area (Å²) in [6.07, 6.45) is 0.927. The van der Waals surface area contributed by atoms with Crippen molar-refractivity contribution < 1.29 is 14.3 Å². The first-order chi connectivity index (χ1) is 15.4. The molecular weight excluding hydrogens is 400 g/mol. The lowest BCUT2D eigenvalue weighted by Crippen LogP contribution is -2.32. The van der Waals surface area contributed by atoms with Crippen LogP contribution in [0.4, 0.5) is 11.4 Å². The highest BCUT2D eigenvalue weighted by atomic mass is 16.5. The molecule has 0 saturated heterocycles. The summed E-state index contributed by atoms with van der Waals surface area (Å²) in [5, 5.41) is 3.21. The van der Waals surface area contributed by atoms with Gasteiger partial charge < -0.3 is 10.1 Å². The summed E-state index contributed by atoms with van der Waals surface area (Å²) in [5.74, 6) is -0.321. The van der Waals surface area contributed by atoms with Gasteiger partial charge in [-0.25, -0.2) is 4.90 Å². The fraction of sp³-hybridized carbons (Fsp3) is 0.185. The van der Waals surface area contributed by atoms with Crippen LogP contribution in [0.3, 0.4) is 0 Å². The van der Waals surface area contributed by atoms with E-state index in [1.807, 2.05) is 68.4 Å². The third kappa shape index (κ3) is 3.89. The van der Waals surface area contributed by atoms with Gasteiger partial charge in [0.1, 0.15) is 11.4 Å². The summed E-state index contributed by atoms with van der Waals surface area (Å²) in [5.41, 5.74) is 5.68. The van der Waals surface area contributed by atoms with Gasteiger partial charge in [0, 0.05) is 5.69 Å². The molecule has 4 rings (SSSR count). The van der Waals surface area contributed by atoms with Gasteiger partial charge >= 0.3 is 0 Å². The van der Waals surface area contributed by atoms with Gasteiger partial charge in [-0.1, -0.05) is 55.0 Å². The average Bonchev–Trinajstić information content (AvgIpc) is 3.04. The molecule has 0 aliphatic carbocycles. The van der Waals surface area contributed by atoms with E-state index < -0.39 is 5.91 Å². The van der Waals surface area contributed by atoms with Crippen LogP contribution in [0.1, 0.15) is 29.2 Å². The third-order valence-corrected chi connectivity index (χ3v) is 5.63. The maximum atomic E-state index is 13.6. The number of ether oxygens (including phenoxy) is 1. The van der Waals surface area contributed by atoms with Crippen molar-refractivity contribution in [2.75, 3.05) is 17.3 Å². The normalized spacial score (nSPS) is 13.7. The van der Waals surface area contributed by atoms with Crippen molar-refractivity contribution in [2.45, 2.75) is 27.2 Å². The Kier molecular flexibility index (Phi) is 5.82. The number of imide groups is 1. The largest absolute Gasteiger partial charge is 0.495 e. The molecule has 3 aromatic rings.